The molecule has 2 rings (SSSR count). The van der Waals surface area contributed by atoms with Crippen LogP contribution in [0.25, 0.3) is 0 Å². The third-order valence-corrected chi connectivity index (χ3v) is 5.53. The number of fused-ring (bicyclic) bond motifs is 1. The van der Waals surface area contributed by atoms with Gasteiger partial charge in [-0.1, -0.05) is 5.16 Å². The van der Waals surface area contributed by atoms with Gasteiger partial charge in [-0.2, -0.15) is 5.10 Å². The van der Waals surface area contributed by atoms with E-state index in [1.165, 1.54) is 18.3 Å². The maximum atomic E-state index is 12.4. The number of oxime groups is 1. The van der Waals surface area contributed by atoms with Crippen molar-refractivity contribution in [3.8, 4) is 0 Å². The Balaban J connectivity index is 2.14. The second kappa shape index (κ2) is 11.2. The predicted octanol–water partition coefficient (Wildman–Crippen LogP) is 1.63. The first kappa shape index (κ1) is 24.0. The van der Waals surface area contributed by atoms with E-state index < -0.39 is 29.5 Å². The summed E-state index contributed by atoms with van der Waals surface area (Å²) in [5.74, 6) is -3.68. The third-order valence-electron chi connectivity index (χ3n) is 4.32. The number of hydrazone groups is 1. The Morgan fingerprint density at radius 3 is 2.39 bits per heavy atom. The van der Waals surface area contributed by atoms with Crippen molar-refractivity contribution in [1.82, 2.24) is 5.43 Å². The molecular weight excluding hydrogens is 428 g/mol. The molecule has 0 aromatic carbocycles. The normalized spacial score (nSPS) is 13.8. The largest absolute Gasteiger partial charge is 0.462 e. The number of thiophene rings is 1. The van der Waals surface area contributed by atoms with E-state index in [9.17, 15) is 19.2 Å². The van der Waals surface area contributed by atoms with E-state index in [1.54, 1.807) is 13.8 Å². The summed E-state index contributed by atoms with van der Waals surface area (Å²) in [5.41, 5.74) is 2.42. The summed E-state index contributed by atoms with van der Waals surface area (Å²) in [5, 5.41) is 18.0. The van der Waals surface area contributed by atoms with Crippen LogP contribution >= 0.6 is 11.3 Å². The molecule has 0 aliphatic heterocycles. The van der Waals surface area contributed by atoms with E-state index in [0.717, 1.165) is 29.7 Å². The molecule has 1 aromatic rings. The molecule has 0 radical (unpaired) electrons. The summed E-state index contributed by atoms with van der Waals surface area (Å²) >= 11 is 1.24. The number of hydrogen-bond donors (Lipinski definition) is 3. The van der Waals surface area contributed by atoms with Crippen LogP contribution in [0, 0.1) is 0 Å². The van der Waals surface area contributed by atoms with Crippen LogP contribution in [-0.4, -0.2) is 53.6 Å². The highest BCUT2D eigenvalue weighted by atomic mass is 32.1. The number of esters is 2. The predicted molar refractivity (Wildman–Crippen MR) is 113 cm³/mol. The van der Waals surface area contributed by atoms with Gasteiger partial charge in [-0.3, -0.25) is 9.59 Å². The number of hydrogen-bond acceptors (Lipinski definition) is 10. The molecule has 3 N–H and O–H groups in total. The van der Waals surface area contributed by atoms with Gasteiger partial charge in [-0.15, -0.1) is 11.3 Å². The Morgan fingerprint density at radius 2 is 1.74 bits per heavy atom. The lowest BCUT2D eigenvalue weighted by molar-refractivity contribution is -0.136. The van der Waals surface area contributed by atoms with Crippen LogP contribution in [0.5, 0.6) is 0 Å². The first-order chi connectivity index (χ1) is 14.8. The smallest absolute Gasteiger partial charge is 0.362 e. The minimum Gasteiger partial charge on any atom is -0.462 e. The van der Waals surface area contributed by atoms with E-state index in [2.05, 4.69) is 15.6 Å². The van der Waals surface area contributed by atoms with Crippen molar-refractivity contribution in [3.05, 3.63) is 16.0 Å². The number of ether oxygens (including phenoxy) is 2. The maximum Gasteiger partial charge on any atom is 0.362 e. The average Bonchev–Trinajstić information content (AvgIpc) is 3.10. The van der Waals surface area contributed by atoms with E-state index in [-0.39, 0.29) is 29.5 Å². The lowest BCUT2D eigenvalue weighted by atomic mass is 9.95. The Hall–Kier alpha value is -3.28. The van der Waals surface area contributed by atoms with Gasteiger partial charge in [0.25, 0.3) is 0 Å². The molecule has 2 amide bonds. The van der Waals surface area contributed by atoms with Crippen molar-refractivity contribution in [1.29, 1.82) is 0 Å². The zero-order valence-corrected chi connectivity index (χ0v) is 18.3. The summed E-state index contributed by atoms with van der Waals surface area (Å²) < 4.78 is 9.81. The molecular formula is C19H24N4O7S. The minimum atomic E-state index is -1.14. The number of carbonyl (C=O) groups excluding carboxylic acids is 4. The Morgan fingerprint density at radius 1 is 1.06 bits per heavy atom. The molecule has 12 heteroatoms. The van der Waals surface area contributed by atoms with Gasteiger partial charge in [0.1, 0.15) is 5.00 Å². The van der Waals surface area contributed by atoms with Crippen LogP contribution in [0.3, 0.4) is 0 Å². The van der Waals surface area contributed by atoms with Crippen LogP contribution in [0.4, 0.5) is 5.00 Å². The van der Waals surface area contributed by atoms with Crippen molar-refractivity contribution < 1.29 is 33.9 Å². The fourth-order valence-corrected chi connectivity index (χ4v) is 4.20. The number of carbonyl (C=O) groups is 4. The molecule has 0 fully saturated rings. The van der Waals surface area contributed by atoms with Crippen molar-refractivity contribution in [2.24, 2.45) is 10.3 Å². The second-order valence-corrected chi connectivity index (χ2v) is 7.50. The third kappa shape index (κ3) is 5.87. The van der Waals surface area contributed by atoms with Crippen LogP contribution in [-0.2, 0) is 36.7 Å². The lowest BCUT2D eigenvalue weighted by Crippen LogP contribution is -2.34. The molecule has 0 saturated heterocycles. The van der Waals surface area contributed by atoms with Crippen LogP contribution in [0.1, 0.15) is 54.4 Å². The van der Waals surface area contributed by atoms with Gasteiger partial charge in [0.15, 0.2) is 0 Å². The van der Waals surface area contributed by atoms with Gasteiger partial charge in [0.05, 0.1) is 24.5 Å². The zero-order chi connectivity index (χ0) is 23.0. The van der Waals surface area contributed by atoms with E-state index in [0.29, 0.717) is 6.42 Å². The zero-order valence-electron chi connectivity index (χ0n) is 17.4. The topological polar surface area (TPSA) is 156 Å². The molecule has 0 saturated carbocycles. The van der Waals surface area contributed by atoms with Crippen molar-refractivity contribution in [2.45, 2.75) is 46.5 Å². The second-order valence-electron chi connectivity index (χ2n) is 6.40. The van der Waals surface area contributed by atoms with Gasteiger partial charge in [-0.25, -0.2) is 15.0 Å². The number of aryl methyl sites for hydroxylation is 1. The molecule has 0 atom stereocenters. The van der Waals surface area contributed by atoms with Gasteiger partial charge < -0.3 is 20.0 Å². The standard InChI is InChI=1S/C19H24N4O7S/c1-4-29-18(26)13-11-8-6-7-9-12(11)31-17(13)20-15(24)16(25)22-21-10(3)14(23-28)19(27)30-5-2/h28H,4-9H2,1-3H3,(H,20,24)(H,22,25). The van der Waals surface area contributed by atoms with E-state index >= 15 is 0 Å². The van der Waals surface area contributed by atoms with Crippen molar-refractivity contribution in [3.63, 3.8) is 0 Å². The molecule has 0 bridgehead atoms. The molecule has 31 heavy (non-hydrogen) atoms. The SMILES string of the molecule is CCOC(=O)C(=NO)C(C)=NNC(=O)C(=O)Nc1sc2c(c1C(=O)OCC)CCCC2. The first-order valence-corrected chi connectivity index (χ1v) is 10.5. The van der Waals surface area contributed by atoms with Crippen LogP contribution < -0.4 is 10.7 Å². The van der Waals surface area contributed by atoms with Gasteiger partial charge in [0.2, 0.25) is 5.71 Å². The monoisotopic (exact) mass is 452 g/mol. The quantitative estimate of drug-likeness (QED) is 0.187. The molecule has 0 spiro atoms. The summed E-state index contributed by atoms with van der Waals surface area (Å²) in [6.07, 6.45) is 3.39. The summed E-state index contributed by atoms with van der Waals surface area (Å²) in [6.45, 7) is 4.77. The van der Waals surface area contributed by atoms with Gasteiger partial charge in [0, 0.05) is 4.88 Å². The Kier molecular flexibility index (Phi) is 8.67. The number of rotatable bonds is 7. The van der Waals surface area contributed by atoms with Crippen molar-refractivity contribution >= 4 is 51.5 Å². The lowest BCUT2D eigenvalue weighted by Gasteiger charge is -2.12. The number of amides is 2. The highest BCUT2D eigenvalue weighted by molar-refractivity contribution is 7.17. The molecule has 1 aliphatic rings. The first-order valence-electron chi connectivity index (χ1n) is 9.70. The molecule has 168 valence electrons. The van der Waals surface area contributed by atoms with E-state index in [4.69, 9.17) is 14.7 Å². The fourth-order valence-electron chi connectivity index (χ4n) is 2.93. The number of nitrogens with one attached hydrogen (secondary N) is 2. The van der Waals surface area contributed by atoms with Gasteiger partial charge in [-0.05, 0) is 52.0 Å². The molecule has 1 aromatic heterocycles. The Labute approximate surface area is 182 Å². The van der Waals surface area contributed by atoms with Crippen LogP contribution in [0.2, 0.25) is 0 Å². The highest BCUT2D eigenvalue weighted by Gasteiger charge is 2.28. The molecule has 1 aliphatic carbocycles. The average molecular weight is 452 g/mol. The summed E-state index contributed by atoms with van der Waals surface area (Å²) in [7, 11) is 0. The molecule has 11 nitrogen and oxygen atoms in total. The number of anilines is 1. The number of nitrogens with zero attached hydrogens (tertiary/aromatic N) is 2. The minimum absolute atomic E-state index is 0.0491. The Bertz CT molecular complexity index is 936. The van der Waals surface area contributed by atoms with Crippen molar-refractivity contribution in [2.75, 3.05) is 18.5 Å². The maximum absolute atomic E-state index is 12.4. The van der Waals surface area contributed by atoms with Gasteiger partial charge >= 0.3 is 23.8 Å². The van der Waals surface area contributed by atoms with Crippen LogP contribution in [0.15, 0.2) is 10.3 Å². The summed E-state index contributed by atoms with van der Waals surface area (Å²) in [4.78, 5) is 49.5. The fraction of sp³-hybridized carbons (Fsp3) is 0.474. The molecule has 0 unspecified atom stereocenters. The summed E-state index contributed by atoms with van der Waals surface area (Å²) in [6, 6.07) is 0. The van der Waals surface area contributed by atoms with E-state index in [1.807, 2.05) is 5.43 Å². The highest BCUT2D eigenvalue weighted by Crippen LogP contribution is 2.38. The molecule has 1 heterocycles.